The second-order valence-corrected chi connectivity index (χ2v) is 4.00. The van der Waals surface area contributed by atoms with Crippen molar-refractivity contribution in [1.82, 2.24) is 15.5 Å². The number of nitrogens with zero attached hydrogens (tertiary/aromatic N) is 2. The average Bonchev–Trinajstić information content (AvgIpc) is 2.34. The average molecular weight is 287 g/mol. The fourth-order valence-electron chi connectivity index (χ4n) is 1.21. The standard InChI is InChI=1S/C10H11ClN4O4/c11-7-3-1-5(14-15-7)9(17)13-6(10(18)19)2-4-8(12)16/h1,3,6H,2,4H2,(H2,12,16)(H,13,17)(H,18,19)/t6-/m1/s1. The number of primary amides is 1. The Morgan fingerprint density at radius 2 is 2.05 bits per heavy atom. The van der Waals surface area contributed by atoms with E-state index in [1.165, 1.54) is 12.1 Å². The summed E-state index contributed by atoms with van der Waals surface area (Å²) in [5.74, 6) is -2.63. The van der Waals surface area contributed by atoms with E-state index in [4.69, 9.17) is 22.4 Å². The second-order valence-electron chi connectivity index (χ2n) is 3.61. The molecule has 1 aromatic rings. The van der Waals surface area contributed by atoms with Crippen molar-refractivity contribution in [3.05, 3.63) is 23.0 Å². The van der Waals surface area contributed by atoms with Gasteiger partial charge in [0.1, 0.15) is 6.04 Å². The van der Waals surface area contributed by atoms with Crippen molar-refractivity contribution in [2.24, 2.45) is 5.73 Å². The molecule has 0 radical (unpaired) electrons. The van der Waals surface area contributed by atoms with E-state index >= 15 is 0 Å². The van der Waals surface area contributed by atoms with Crippen LogP contribution in [0, 0.1) is 0 Å². The molecule has 0 saturated carbocycles. The molecule has 102 valence electrons. The number of hydrogen-bond donors (Lipinski definition) is 3. The van der Waals surface area contributed by atoms with Crippen LogP contribution in [-0.4, -0.2) is 39.1 Å². The number of carbonyl (C=O) groups is 3. The third kappa shape index (κ3) is 4.88. The van der Waals surface area contributed by atoms with Gasteiger partial charge in [0.05, 0.1) is 0 Å². The molecular weight excluding hydrogens is 276 g/mol. The van der Waals surface area contributed by atoms with Gasteiger partial charge >= 0.3 is 5.97 Å². The summed E-state index contributed by atoms with van der Waals surface area (Å²) < 4.78 is 0. The molecule has 0 spiro atoms. The van der Waals surface area contributed by atoms with Gasteiger partial charge in [-0.25, -0.2) is 4.79 Å². The van der Waals surface area contributed by atoms with E-state index in [-0.39, 0.29) is 23.7 Å². The zero-order chi connectivity index (χ0) is 14.4. The van der Waals surface area contributed by atoms with E-state index < -0.39 is 23.8 Å². The highest BCUT2D eigenvalue weighted by atomic mass is 35.5. The zero-order valence-corrected chi connectivity index (χ0v) is 10.4. The van der Waals surface area contributed by atoms with Crippen LogP contribution in [0.2, 0.25) is 5.15 Å². The fraction of sp³-hybridized carbons (Fsp3) is 0.300. The summed E-state index contributed by atoms with van der Waals surface area (Å²) in [6, 6.07) is 1.43. The molecular formula is C10H11ClN4O4. The molecule has 0 saturated heterocycles. The molecule has 8 nitrogen and oxygen atoms in total. The van der Waals surface area contributed by atoms with E-state index in [9.17, 15) is 14.4 Å². The van der Waals surface area contributed by atoms with Gasteiger partial charge in [-0.3, -0.25) is 9.59 Å². The largest absolute Gasteiger partial charge is 0.480 e. The van der Waals surface area contributed by atoms with Gasteiger partial charge in [0, 0.05) is 6.42 Å². The van der Waals surface area contributed by atoms with Gasteiger partial charge < -0.3 is 16.2 Å². The number of carboxylic acids is 1. The molecule has 0 aliphatic carbocycles. The summed E-state index contributed by atoms with van der Waals surface area (Å²) in [5, 5.41) is 18.2. The first-order chi connectivity index (χ1) is 8.90. The lowest BCUT2D eigenvalue weighted by molar-refractivity contribution is -0.139. The first-order valence-electron chi connectivity index (χ1n) is 5.21. The maximum atomic E-state index is 11.7. The Hall–Kier alpha value is -2.22. The van der Waals surface area contributed by atoms with E-state index in [1.54, 1.807) is 0 Å². The van der Waals surface area contributed by atoms with Gasteiger partial charge in [-0.05, 0) is 18.6 Å². The number of hydrogen-bond acceptors (Lipinski definition) is 5. The summed E-state index contributed by atoms with van der Waals surface area (Å²) in [5.41, 5.74) is 4.84. The highest BCUT2D eigenvalue weighted by Crippen LogP contribution is 2.04. The summed E-state index contributed by atoms with van der Waals surface area (Å²) in [6.07, 6.45) is -0.249. The normalized spacial score (nSPS) is 11.6. The van der Waals surface area contributed by atoms with Gasteiger partial charge in [-0.1, -0.05) is 11.6 Å². The summed E-state index contributed by atoms with van der Waals surface area (Å²) >= 11 is 5.51. The Labute approximate surface area is 113 Å². The minimum Gasteiger partial charge on any atom is -0.480 e. The van der Waals surface area contributed by atoms with Crippen LogP contribution in [0.1, 0.15) is 23.3 Å². The summed E-state index contributed by atoms with van der Waals surface area (Å²) in [6.45, 7) is 0. The molecule has 1 rings (SSSR count). The van der Waals surface area contributed by atoms with Crippen LogP contribution in [0.3, 0.4) is 0 Å². The van der Waals surface area contributed by atoms with Gasteiger partial charge in [0.15, 0.2) is 10.8 Å². The number of halogens is 1. The molecule has 1 heterocycles. The first-order valence-corrected chi connectivity index (χ1v) is 5.59. The Morgan fingerprint density at radius 3 is 2.53 bits per heavy atom. The van der Waals surface area contributed by atoms with Crippen molar-refractivity contribution < 1.29 is 19.5 Å². The number of amides is 2. The number of carboxylic acid groups (broad SMARTS) is 1. The molecule has 1 aromatic heterocycles. The Balaban J connectivity index is 2.68. The molecule has 1 atom stereocenters. The van der Waals surface area contributed by atoms with Crippen molar-refractivity contribution in [3.8, 4) is 0 Å². The van der Waals surface area contributed by atoms with Crippen LogP contribution in [0.15, 0.2) is 12.1 Å². The molecule has 0 aromatic carbocycles. The summed E-state index contributed by atoms with van der Waals surface area (Å²) in [4.78, 5) is 33.2. The third-order valence-electron chi connectivity index (χ3n) is 2.15. The van der Waals surface area contributed by atoms with Gasteiger partial charge in [-0.2, -0.15) is 0 Å². The quantitative estimate of drug-likeness (QED) is 0.650. The van der Waals surface area contributed by atoms with Crippen molar-refractivity contribution in [1.29, 1.82) is 0 Å². The molecule has 0 bridgehead atoms. The number of aliphatic carboxylic acids is 1. The van der Waals surface area contributed by atoms with Gasteiger partial charge in [-0.15, -0.1) is 10.2 Å². The Morgan fingerprint density at radius 1 is 1.37 bits per heavy atom. The molecule has 19 heavy (non-hydrogen) atoms. The van der Waals surface area contributed by atoms with Crippen LogP contribution in [0.5, 0.6) is 0 Å². The highest BCUT2D eigenvalue weighted by molar-refractivity contribution is 6.29. The van der Waals surface area contributed by atoms with Crippen molar-refractivity contribution in [2.75, 3.05) is 0 Å². The number of rotatable bonds is 6. The SMILES string of the molecule is NC(=O)CC[C@@H](NC(=O)c1ccc(Cl)nn1)C(=O)O. The van der Waals surface area contributed by atoms with E-state index in [0.29, 0.717) is 0 Å². The molecule has 0 aliphatic rings. The molecule has 4 N–H and O–H groups in total. The molecule has 0 fully saturated rings. The topological polar surface area (TPSA) is 135 Å². The molecule has 9 heteroatoms. The van der Waals surface area contributed by atoms with Crippen molar-refractivity contribution in [3.63, 3.8) is 0 Å². The van der Waals surface area contributed by atoms with Crippen LogP contribution in [0.4, 0.5) is 0 Å². The molecule has 0 unspecified atom stereocenters. The lowest BCUT2D eigenvalue weighted by Gasteiger charge is -2.12. The molecule has 2 amide bonds. The maximum absolute atomic E-state index is 11.7. The highest BCUT2D eigenvalue weighted by Gasteiger charge is 2.21. The first kappa shape index (κ1) is 14.8. The monoisotopic (exact) mass is 286 g/mol. The number of aromatic nitrogens is 2. The minimum absolute atomic E-state index is 0.0743. The van der Waals surface area contributed by atoms with E-state index in [2.05, 4.69) is 15.5 Å². The lowest BCUT2D eigenvalue weighted by Crippen LogP contribution is -2.41. The Bertz CT molecular complexity index is 491. The van der Waals surface area contributed by atoms with E-state index in [1.807, 2.05) is 0 Å². The fourth-order valence-corrected chi connectivity index (χ4v) is 1.31. The van der Waals surface area contributed by atoms with Gasteiger partial charge in [0.2, 0.25) is 5.91 Å². The predicted molar refractivity (Wildman–Crippen MR) is 64.4 cm³/mol. The van der Waals surface area contributed by atoms with Crippen LogP contribution in [0.25, 0.3) is 0 Å². The van der Waals surface area contributed by atoms with Crippen LogP contribution >= 0.6 is 11.6 Å². The predicted octanol–water partition coefficient (Wildman–Crippen LogP) is -0.422. The third-order valence-corrected chi connectivity index (χ3v) is 2.35. The number of carbonyl (C=O) groups excluding carboxylic acids is 2. The maximum Gasteiger partial charge on any atom is 0.326 e. The van der Waals surface area contributed by atoms with E-state index in [0.717, 1.165) is 0 Å². The zero-order valence-electron chi connectivity index (χ0n) is 9.67. The second kappa shape index (κ2) is 6.64. The van der Waals surface area contributed by atoms with Crippen molar-refractivity contribution >= 4 is 29.4 Å². The number of nitrogens with two attached hydrogens (primary N) is 1. The molecule has 0 aliphatic heterocycles. The number of nitrogens with one attached hydrogen (secondary N) is 1. The van der Waals surface area contributed by atoms with Gasteiger partial charge in [0.25, 0.3) is 5.91 Å². The van der Waals surface area contributed by atoms with Crippen LogP contribution in [-0.2, 0) is 9.59 Å². The van der Waals surface area contributed by atoms with Crippen molar-refractivity contribution in [2.45, 2.75) is 18.9 Å². The van der Waals surface area contributed by atoms with Crippen LogP contribution < -0.4 is 11.1 Å². The summed E-state index contributed by atoms with van der Waals surface area (Å²) in [7, 11) is 0. The minimum atomic E-state index is -1.27. The smallest absolute Gasteiger partial charge is 0.326 e. The lowest BCUT2D eigenvalue weighted by atomic mass is 10.1. The Kier molecular flexibility index (Phi) is 5.19.